The number of benzene rings is 1. The number of hydrogen-bond donors (Lipinski definition) is 2. The lowest BCUT2D eigenvalue weighted by molar-refractivity contribution is -0.127. The molecule has 4 nitrogen and oxygen atoms in total. The zero-order valence-electron chi connectivity index (χ0n) is 10.8. The van der Waals surface area contributed by atoms with Crippen molar-refractivity contribution in [2.75, 3.05) is 25.0 Å². The van der Waals surface area contributed by atoms with Crippen molar-refractivity contribution < 1.29 is 4.79 Å². The van der Waals surface area contributed by atoms with E-state index in [0.717, 1.165) is 23.1 Å². The minimum absolute atomic E-state index is 0.227. The summed E-state index contributed by atoms with van der Waals surface area (Å²) in [6.07, 6.45) is 1.62. The van der Waals surface area contributed by atoms with Gasteiger partial charge in [0.25, 0.3) is 0 Å². The van der Waals surface area contributed by atoms with Crippen molar-refractivity contribution in [2.45, 2.75) is 12.8 Å². The number of thiocarbonyl (C=S) groups is 1. The maximum absolute atomic E-state index is 11.4. The highest BCUT2D eigenvalue weighted by atomic mass is 79.9. The Kier molecular flexibility index (Phi) is 5.63. The molecule has 1 aromatic carbocycles. The molecule has 0 radical (unpaired) electrons. The molecule has 1 aromatic rings. The van der Waals surface area contributed by atoms with E-state index in [1.54, 1.807) is 6.07 Å². The molecular formula is C13H15BrClN3OS. The number of anilines is 1. The second-order valence-electron chi connectivity index (χ2n) is 4.49. The van der Waals surface area contributed by atoms with Gasteiger partial charge in [-0.15, -0.1) is 0 Å². The van der Waals surface area contributed by atoms with Gasteiger partial charge in [-0.25, -0.2) is 0 Å². The molecule has 20 heavy (non-hydrogen) atoms. The topological polar surface area (TPSA) is 44.4 Å². The van der Waals surface area contributed by atoms with Gasteiger partial charge in [-0.05, 0) is 52.8 Å². The lowest BCUT2D eigenvalue weighted by Gasteiger charge is -2.17. The number of nitrogens with one attached hydrogen (secondary N) is 2. The minimum atomic E-state index is 0.227. The molecule has 0 bridgehead atoms. The molecule has 1 amide bonds. The van der Waals surface area contributed by atoms with Crippen molar-refractivity contribution in [3.05, 3.63) is 27.7 Å². The highest BCUT2D eigenvalue weighted by molar-refractivity contribution is 9.10. The van der Waals surface area contributed by atoms with Gasteiger partial charge in [0.1, 0.15) is 0 Å². The molecular weight excluding hydrogens is 362 g/mol. The maximum atomic E-state index is 11.4. The first-order valence-corrected chi connectivity index (χ1v) is 7.92. The van der Waals surface area contributed by atoms with Crippen molar-refractivity contribution in [2.24, 2.45) is 0 Å². The van der Waals surface area contributed by atoms with E-state index in [0.29, 0.717) is 29.6 Å². The van der Waals surface area contributed by atoms with Crippen LogP contribution >= 0.6 is 39.7 Å². The number of carbonyl (C=O) groups is 1. The van der Waals surface area contributed by atoms with Gasteiger partial charge in [-0.2, -0.15) is 0 Å². The third-order valence-electron chi connectivity index (χ3n) is 3.02. The Morgan fingerprint density at radius 1 is 1.50 bits per heavy atom. The first kappa shape index (κ1) is 15.5. The molecule has 2 rings (SSSR count). The van der Waals surface area contributed by atoms with Gasteiger partial charge in [-0.3, -0.25) is 4.79 Å². The number of halogens is 2. The summed E-state index contributed by atoms with van der Waals surface area (Å²) in [6, 6.07) is 5.54. The number of nitrogens with zero attached hydrogens (tertiary/aromatic N) is 1. The summed E-state index contributed by atoms with van der Waals surface area (Å²) in [5, 5.41) is 7.29. The Balaban J connectivity index is 1.75. The molecule has 1 fully saturated rings. The molecule has 1 saturated heterocycles. The molecule has 108 valence electrons. The Hall–Kier alpha value is -0.850. The lowest BCUT2D eigenvalue weighted by atomic mass is 10.3. The predicted molar refractivity (Wildman–Crippen MR) is 89.2 cm³/mol. The van der Waals surface area contributed by atoms with Gasteiger partial charge in [0.15, 0.2) is 5.11 Å². The first-order chi connectivity index (χ1) is 9.56. The Labute approximate surface area is 137 Å². The number of likely N-dealkylation sites (tertiary alicyclic amines) is 1. The average molecular weight is 377 g/mol. The molecule has 0 aromatic heterocycles. The molecule has 2 N–H and O–H groups in total. The highest BCUT2D eigenvalue weighted by Gasteiger charge is 2.19. The molecule has 7 heteroatoms. The smallest absolute Gasteiger partial charge is 0.222 e. The molecule has 0 aliphatic carbocycles. The van der Waals surface area contributed by atoms with Crippen molar-refractivity contribution in [3.63, 3.8) is 0 Å². The van der Waals surface area contributed by atoms with Gasteiger partial charge in [0, 0.05) is 36.2 Å². The fraction of sp³-hybridized carbons (Fsp3) is 0.385. The van der Waals surface area contributed by atoms with Crippen LogP contribution in [0, 0.1) is 0 Å². The molecule has 0 atom stereocenters. The molecule has 1 aliphatic rings. The second-order valence-corrected chi connectivity index (χ2v) is 6.16. The van der Waals surface area contributed by atoms with E-state index in [1.807, 2.05) is 17.0 Å². The minimum Gasteiger partial charge on any atom is -0.361 e. The van der Waals surface area contributed by atoms with Crippen molar-refractivity contribution in [3.8, 4) is 0 Å². The van der Waals surface area contributed by atoms with E-state index in [9.17, 15) is 4.79 Å². The van der Waals surface area contributed by atoms with Gasteiger partial charge in [0.05, 0.1) is 5.02 Å². The quantitative estimate of drug-likeness (QED) is 0.793. The van der Waals surface area contributed by atoms with E-state index in [-0.39, 0.29) is 5.91 Å². The Morgan fingerprint density at radius 3 is 2.95 bits per heavy atom. The normalized spacial score (nSPS) is 14.5. The van der Waals surface area contributed by atoms with Crippen LogP contribution in [0.25, 0.3) is 0 Å². The summed E-state index contributed by atoms with van der Waals surface area (Å²) < 4.78 is 0.844. The monoisotopic (exact) mass is 375 g/mol. The van der Waals surface area contributed by atoms with Gasteiger partial charge >= 0.3 is 0 Å². The van der Waals surface area contributed by atoms with Crippen LogP contribution in [-0.4, -0.2) is 35.6 Å². The summed E-state index contributed by atoms with van der Waals surface area (Å²) in [6.45, 7) is 2.17. The van der Waals surface area contributed by atoms with E-state index in [2.05, 4.69) is 26.6 Å². The van der Waals surface area contributed by atoms with Gasteiger partial charge in [-0.1, -0.05) is 11.6 Å². The second kappa shape index (κ2) is 7.24. The largest absolute Gasteiger partial charge is 0.361 e. The molecule has 0 unspecified atom stereocenters. The number of hydrogen-bond acceptors (Lipinski definition) is 2. The molecule has 0 spiro atoms. The standard InChI is InChI=1S/C13H15BrClN3OS/c14-10-4-3-9(8-11(10)15)17-13(20)16-5-7-18-6-1-2-12(18)19/h3-4,8H,1-2,5-7H2,(H2,16,17,20). The number of carbonyl (C=O) groups excluding carboxylic acids is 1. The van der Waals surface area contributed by atoms with Crippen molar-refractivity contribution in [1.29, 1.82) is 0 Å². The zero-order chi connectivity index (χ0) is 14.5. The average Bonchev–Trinajstić information content (AvgIpc) is 2.80. The van der Waals surface area contributed by atoms with Gasteiger partial charge in [0.2, 0.25) is 5.91 Å². The lowest BCUT2D eigenvalue weighted by Crippen LogP contribution is -2.37. The Bertz CT molecular complexity index is 526. The first-order valence-electron chi connectivity index (χ1n) is 6.34. The van der Waals surface area contributed by atoms with Crippen LogP contribution in [0.4, 0.5) is 5.69 Å². The third kappa shape index (κ3) is 4.33. The van der Waals surface area contributed by atoms with E-state index < -0.39 is 0 Å². The third-order valence-corrected chi connectivity index (χ3v) is 4.50. The zero-order valence-corrected chi connectivity index (χ0v) is 13.9. The number of amides is 1. The summed E-state index contributed by atoms with van der Waals surface area (Å²) in [5.41, 5.74) is 0.827. The van der Waals surface area contributed by atoms with Crippen LogP contribution < -0.4 is 10.6 Å². The predicted octanol–water partition coefficient (Wildman–Crippen LogP) is 3.01. The van der Waals surface area contributed by atoms with Crippen molar-refractivity contribution in [1.82, 2.24) is 10.2 Å². The molecule has 0 saturated carbocycles. The van der Waals surface area contributed by atoms with Crippen LogP contribution in [0.2, 0.25) is 5.02 Å². The van der Waals surface area contributed by atoms with E-state index >= 15 is 0 Å². The van der Waals surface area contributed by atoms with Crippen LogP contribution in [0.3, 0.4) is 0 Å². The molecule has 1 aliphatic heterocycles. The maximum Gasteiger partial charge on any atom is 0.222 e. The summed E-state index contributed by atoms with van der Waals surface area (Å²) in [7, 11) is 0. The van der Waals surface area contributed by atoms with E-state index in [4.69, 9.17) is 23.8 Å². The summed E-state index contributed by atoms with van der Waals surface area (Å²) >= 11 is 14.5. The highest BCUT2D eigenvalue weighted by Crippen LogP contribution is 2.25. The van der Waals surface area contributed by atoms with Crippen LogP contribution in [-0.2, 0) is 4.79 Å². The van der Waals surface area contributed by atoms with Crippen LogP contribution in [0.1, 0.15) is 12.8 Å². The van der Waals surface area contributed by atoms with Crippen molar-refractivity contribution >= 4 is 56.5 Å². The number of rotatable bonds is 4. The Morgan fingerprint density at radius 2 is 2.30 bits per heavy atom. The fourth-order valence-corrected chi connectivity index (χ4v) is 2.64. The van der Waals surface area contributed by atoms with Gasteiger partial charge < -0.3 is 15.5 Å². The summed E-state index contributed by atoms with van der Waals surface area (Å²) in [5.74, 6) is 0.227. The van der Waals surface area contributed by atoms with Crippen LogP contribution in [0.5, 0.6) is 0 Å². The van der Waals surface area contributed by atoms with Crippen LogP contribution in [0.15, 0.2) is 22.7 Å². The summed E-state index contributed by atoms with van der Waals surface area (Å²) in [4.78, 5) is 13.3. The molecule has 1 heterocycles. The van der Waals surface area contributed by atoms with E-state index in [1.165, 1.54) is 0 Å². The fourth-order valence-electron chi connectivity index (χ4n) is 1.99. The SMILES string of the molecule is O=C1CCCN1CCNC(=S)Nc1ccc(Br)c(Cl)c1.